The predicted molar refractivity (Wildman–Crippen MR) is 112 cm³/mol. The van der Waals surface area contributed by atoms with E-state index in [1.165, 1.54) is 5.56 Å². The number of carbonyl (C=O) groups excluding carboxylic acids is 1. The zero-order valence-corrected chi connectivity index (χ0v) is 17.3. The molecule has 0 N–H and O–H groups in total. The lowest BCUT2D eigenvalue weighted by Crippen LogP contribution is -2.19. The quantitative estimate of drug-likeness (QED) is 0.554. The lowest BCUT2D eigenvalue weighted by molar-refractivity contribution is -0.120. The Bertz CT molecular complexity index is 1000. The van der Waals surface area contributed by atoms with E-state index in [9.17, 15) is 4.79 Å². The van der Waals surface area contributed by atoms with E-state index < -0.39 is 0 Å². The van der Waals surface area contributed by atoms with E-state index in [1.807, 2.05) is 0 Å². The summed E-state index contributed by atoms with van der Waals surface area (Å²) in [5.41, 5.74) is 2.41. The second kappa shape index (κ2) is 8.72. The van der Waals surface area contributed by atoms with Crippen molar-refractivity contribution in [3.63, 3.8) is 0 Å². The Labute approximate surface area is 168 Å². The molecule has 0 fully saturated rings. The molecule has 0 saturated carbocycles. The molecule has 1 heterocycles. The minimum absolute atomic E-state index is 0.0980. The fourth-order valence-electron chi connectivity index (χ4n) is 2.79. The van der Waals surface area contributed by atoms with E-state index in [4.69, 9.17) is 16.3 Å². The number of ether oxygens (including phenoxy) is 1. The first-order chi connectivity index (χ1) is 13.0. The predicted octanol–water partition coefficient (Wildman–Crippen LogP) is 5.40. The zero-order valence-electron chi connectivity index (χ0n) is 15.7. The molecule has 1 aromatic heterocycles. The number of aromatic nitrogens is 1. The Balaban J connectivity index is 1.87. The van der Waals surface area contributed by atoms with Gasteiger partial charge in [0, 0.05) is 11.6 Å². The highest BCUT2D eigenvalue weighted by Gasteiger charge is 2.10. The second-order valence-electron chi connectivity index (χ2n) is 6.67. The Morgan fingerprint density at radius 2 is 1.96 bits per heavy atom. The molecular formula is C21H23ClN2O2S. The standard InChI is InChI=1S/C21H23ClN2O2S/c1-4-11-24-18-10-5-15(14(2)3)12-19(18)27-21(24)23-20(25)13-26-17-8-6-16(22)7-9-17/h5-10,12,14H,4,11,13H2,1-3H3. The summed E-state index contributed by atoms with van der Waals surface area (Å²) < 4.78 is 8.78. The van der Waals surface area contributed by atoms with Gasteiger partial charge in [-0.2, -0.15) is 4.99 Å². The van der Waals surface area contributed by atoms with Gasteiger partial charge < -0.3 is 9.30 Å². The van der Waals surface area contributed by atoms with Crippen molar-refractivity contribution < 1.29 is 9.53 Å². The van der Waals surface area contributed by atoms with Crippen LogP contribution in [0.2, 0.25) is 5.02 Å². The number of hydrogen-bond acceptors (Lipinski definition) is 3. The van der Waals surface area contributed by atoms with E-state index in [1.54, 1.807) is 35.6 Å². The van der Waals surface area contributed by atoms with Gasteiger partial charge in [0.1, 0.15) is 5.75 Å². The molecule has 0 bridgehead atoms. The van der Waals surface area contributed by atoms with Crippen LogP contribution < -0.4 is 9.54 Å². The second-order valence-corrected chi connectivity index (χ2v) is 8.11. The lowest BCUT2D eigenvalue weighted by atomic mass is 10.0. The lowest BCUT2D eigenvalue weighted by Gasteiger charge is -2.06. The van der Waals surface area contributed by atoms with Crippen molar-refractivity contribution >= 4 is 39.1 Å². The van der Waals surface area contributed by atoms with Crippen molar-refractivity contribution in [1.29, 1.82) is 0 Å². The SMILES string of the molecule is CCCn1c(=NC(=O)COc2ccc(Cl)cc2)sc2cc(C(C)C)ccc21. The Morgan fingerprint density at radius 1 is 1.22 bits per heavy atom. The van der Waals surface area contributed by atoms with E-state index >= 15 is 0 Å². The molecule has 0 unspecified atom stereocenters. The highest BCUT2D eigenvalue weighted by molar-refractivity contribution is 7.16. The third kappa shape index (κ3) is 4.79. The van der Waals surface area contributed by atoms with Crippen LogP contribution in [0.25, 0.3) is 10.2 Å². The maximum atomic E-state index is 12.3. The number of benzene rings is 2. The van der Waals surface area contributed by atoms with E-state index in [0.717, 1.165) is 28.0 Å². The number of hydrogen-bond donors (Lipinski definition) is 0. The molecule has 0 spiro atoms. The van der Waals surface area contributed by atoms with Gasteiger partial charge in [0.05, 0.1) is 10.2 Å². The average molecular weight is 403 g/mol. The fourth-order valence-corrected chi connectivity index (χ4v) is 4.04. The fraction of sp³-hybridized carbons (Fsp3) is 0.333. The van der Waals surface area contributed by atoms with Crippen LogP contribution in [0.4, 0.5) is 0 Å². The Hall–Kier alpha value is -2.11. The summed E-state index contributed by atoms with van der Waals surface area (Å²) in [4.78, 5) is 17.4. The maximum Gasteiger partial charge on any atom is 0.286 e. The monoisotopic (exact) mass is 402 g/mol. The van der Waals surface area contributed by atoms with Gasteiger partial charge in [0.25, 0.3) is 5.91 Å². The van der Waals surface area contributed by atoms with Gasteiger partial charge in [-0.15, -0.1) is 0 Å². The molecule has 3 rings (SSSR count). The normalized spacial score (nSPS) is 12.1. The van der Waals surface area contributed by atoms with Gasteiger partial charge >= 0.3 is 0 Å². The van der Waals surface area contributed by atoms with Crippen molar-refractivity contribution in [3.8, 4) is 5.75 Å². The van der Waals surface area contributed by atoms with Crippen molar-refractivity contribution in [2.24, 2.45) is 4.99 Å². The molecule has 2 aromatic carbocycles. The summed E-state index contributed by atoms with van der Waals surface area (Å²) in [5, 5.41) is 0.630. The first-order valence-electron chi connectivity index (χ1n) is 9.07. The molecule has 0 saturated heterocycles. The third-order valence-electron chi connectivity index (χ3n) is 4.22. The summed E-state index contributed by atoms with van der Waals surface area (Å²) in [6.45, 7) is 7.20. The summed E-state index contributed by atoms with van der Waals surface area (Å²) >= 11 is 7.41. The summed E-state index contributed by atoms with van der Waals surface area (Å²) in [7, 11) is 0. The molecular weight excluding hydrogens is 380 g/mol. The maximum absolute atomic E-state index is 12.3. The van der Waals surface area contributed by atoms with E-state index in [-0.39, 0.29) is 12.5 Å². The Morgan fingerprint density at radius 3 is 2.63 bits per heavy atom. The number of fused-ring (bicyclic) bond motifs is 1. The topological polar surface area (TPSA) is 43.6 Å². The number of aryl methyl sites for hydroxylation is 1. The van der Waals surface area contributed by atoms with Gasteiger partial charge in [-0.25, -0.2) is 0 Å². The van der Waals surface area contributed by atoms with Crippen molar-refractivity contribution in [2.75, 3.05) is 6.61 Å². The molecule has 0 aliphatic rings. The highest BCUT2D eigenvalue weighted by atomic mass is 35.5. The third-order valence-corrected chi connectivity index (χ3v) is 5.51. The van der Waals surface area contributed by atoms with Crippen LogP contribution in [-0.4, -0.2) is 17.1 Å². The van der Waals surface area contributed by atoms with Crippen molar-refractivity contribution in [2.45, 2.75) is 39.7 Å². The first-order valence-corrected chi connectivity index (χ1v) is 10.3. The number of carbonyl (C=O) groups is 1. The summed E-state index contributed by atoms with van der Waals surface area (Å²) in [6, 6.07) is 13.4. The van der Waals surface area contributed by atoms with Crippen molar-refractivity contribution in [1.82, 2.24) is 4.57 Å². The molecule has 3 aromatic rings. The largest absolute Gasteiger partial charge is 0.484 e. The Kier molecular flexibility index (Phi) is 6.34. The highest BCUT2D eigenvalue weighted by Crippen LogP contribution is 2.23. The van der Waals surface area contributed by atoms with Crippen LogP contribution in [0.1, 0.15) is 38.7 Å². The molecule has 142 valence electrons. The van der Waals surface area contributed by atoms with Crippen LogP contribution in [0.5, 0.6) is 5.75 Å². The number of halogens is 1. The van der Waals surface area contributed by atoms with Gasteiger partial charge in [-0.1, -0.05) is 49.8 Å². The van der Waals surface area contributed by atoms with Crippen LogP contribution in [-0.2, 0) is 11.3 Å². The molecule has 6 heteroatoms. The van der Waals surface area contributed by atoms with Crippen LogP contribution in [0, 0.1) is 0 Å². The van der Waals surface area contributed by atoms with Gasteiger partial charge in [-0.3, -0.25) is 4.79 Å². The van der Waals surface area contributed by atoms with Gasteiger partial charge in [-0.05, 0) is 54.3 Å². The number of rotatable bonds is 6. The zero-order chi connectivity index (χ0) is 19.4. The summed E-state index contributed by atoms with van der Waals surface area (Å²) in [5.74, 6) is 0.763. The number of thiazole rings is 1. The minimum Gasteiger partial charge on any atom is -0.484 e. The molecule has 27 heavy (non-hydrogen) atoms. The molecule has 4 nitrogen and oxygen atoms in total. The van der Waals surface area contributed by atoms with Crippen molar-refractivity contribution in [3.05, 3.63) is 57.9 Å². The molecule has 0 aliphatic heterocycles. The summed E-state index contributed by atoms with van der Waals surface area (Å²) in [6.07, 6.45) is 0.973. The molecule has 0 aliphatic carbocycles. The van der Waals surface area contributed by atoms with Crippen LogP contribution >= 0.6 is 22.9 Å². The number of nitrogens with zero attached hydrogens (tertiary/aromatic N) is 2. The minimum atomic E-state index is -0.301. The van der Waals surface area contributed by atoms with Crippen LogP contribution in [0.15, 0.2) is 47.5 Å². The smallest absolute Gasteiger partial charge is 0.286 e. The van der Waals surface area contributed by atoms with Gasteiger partial charge in [0.15, 0.2) is 11.4 Å². The molecule has 0 atom stereocenters. The molecule has 0 radical (unpaired) electrons. The van der Waals surface area contributed by atoms with E-state index in [0.29, 0.717) is 16.7 Å². The van der Waals surface area contributed by atoms with Gasteiger partial charge in [0.2, 0.25) is 0 Å². The molecule has 1 amide bonds. The first kappa shape index (κ1) is 19.6. The number of amides is 1. The van der Waals surface area contributed by atoms with Crippen LogP contribution in [0.3, 0.4) is 0 Å². The van der Waals surface area contributed by atoms with E-state index in [2.05, 4.69) is 48.5 Å². The average Bonchev–Trinajstić information content (AvgIpc) is 2.98.